The first-order valence-corrected chi connectivity index (χ1v) is 6.95. The monoisotopic (exact) mass is 245 g/mol. The average molecular weight is 245 g/mol. The molecule has 0 aliphatic carbocycles. The number of aryl methyl sites for hydroxylation is 1. The van der Waals surface area contributed by atoms with E-state index in [9.17, 15) is 0 Å². The van der Waals surface area contributed by atoms with E-state index in [4.69, 9.17) is 0 Å². The van der Waals surface area contributed by atoms with Crippen molar-refractivity contribution >= 4 is 11.3 Å². The zero-order valence-electron chi connectivity index (χ0n) is 10.7. The molecule has 0 aliphatic heterocycles. The van der Waals surface area contributed by atoms with Gasteiger partial charge in [-0.25, -0.2) is 0 Å². The summed E-state index contributed by atoms with van der Waals surface area (Å²) in [6, 6.07) is 11.5. The summed E-state index contributed by atoms with van der Waals surface area (Å²) in [5, 5.41) is 5.59. The fourth-order valence-electron chi connectivity index (χ4n) is 2.14. The van der Waals surface area contributed by atoms with Crippen molar-refractivity contribution in [2.45, 2.75) is 26.3 Å². The fraction of sp³-hybridized carbons (Fsp3) is 0.333. The molecule has 2 heteroatoms. The Morgan fingerprint density at radius 3 is 2.65 bits per heavy atom. The van der Waals surface area contributed by atoms with E-state index >= 15 is 0 Å². The molecular weight excluding hydrogens is 226 g/mol. The van der Waals surface area contributed by atoms with Crippen LogP contribution in [-0.4, -0.2) is 7.05 Å². The Morgan fingerprint density at radius 2 is 2.06 bits per heavy atom. The molecule has 0 radical (unpaired) electrons. The van der Waals surface area contributed by atoms with Crippen molar-refractivity contribution in [3.8, 4) is 11.1 Å². The first-order valence-electron chi connectivity index (χ1n) is 6.07. The molecule has 0 saturated carbocycles. The van der Waals surface area contributed by atoms with Crippen LogP contribution < -0.4 is 5.32 Å². The van der Waals surface area contributed by atoms with E-state index in [2.05, 4.69) is 54.9 Å². The summed E-state index contributed by atoms with van der Waals surface area (Å²) in [7, 11) is 2.02. The number of hydrogen-bond donors (Lipinski definition) is 1. The molecule has 1 N–H and O–H groups in total. The quantitative estimate of drug-likeness (QED) is 0.842. The summed E-state index contributed by atoms with van der Waals surface area (Å²) in [6.07, 6.45) is 1.11. The predicted molar refractivity (Wildman–Crippen MR) is 76.6 cm³/mol. The summed E-state index contributed by atoms with van der Waals surface area (Å²) in [5.41, 5.74) is 4.03. The zero-order valence-corrected chi connectivity index (χ0v) is 11.5. The van der Waals surface area contributed by atoms with Crippen LogP contribution in [0.4, 0.5) is 0 Å². The molecule has 0 saturated heterocycles. The van der Waals surface area contributed by atoms with Gasteiger partial charge in [-0.15, -0.1) is 11.3 Å². The van der Waals surface area contributed by atoms with Gasteiger partial charge in [0.15, 0.2) is 0 Å². The van der Waals surface area contributed by atoms with E-state index in [1.807, 2.05) is 18.4 Å². The van der Waals surface area contributed by atoms with Crippen LogP contribution in [0.15, 0.2) is 35.7 Å². The second-order valence-corrected chi connectivity index (χ2v) is 5.44. The molecule has 1 atom stereocenters. The highest BCUT2D eigenvalue weighted by Gasteiger charge is 2.08. The molecule has 1 aromatic heterocycles. The molecule has 0 bridgehead atoms. The lowest BCUT2D eigenvalue weighted by Gasteiger charge is -2.15. The molecule has 0 amide bonds. The number of benzene rings is 1. The second-order valence-electron chi connectivity index (χ2n) is 4.32. The van der Waals surface area contributed by atoms with Gasteiger partial charge in [0.2, 0.25) is 0 Å². The van der Waals surface area contributed by atoms with Crippen LogP contribution in [0.1, 0.15) is 29.8 Å². The summed E-state index contributed by atoms with van der Waals surface area (Å²) < 4.78 is 0. The normalized spacial score (nSPS) is 12.6. The Labute approximate surface area is 108 Å². The van der Waals surface area contributed by atoms with Crippen LogP contribution in [-0.2, 0) is 0 Å². The number of hydrogen-bond acceptors (Lipinski definition) is 2. The van der Waals surface area contributed by atoms with Gasteiger partial charge in [0.1, 0.15) is 0 Å². The molecule has 17 heavy (non-hydrogen) atoms. The molecule has 0 fully saturated rings. The molecule has 1 heterocycles. The van der Waals surface area contributed by atoms with Gasteiger partial charge in [-0.2, -0.15) is 0 Å². The molecule has 1 nitrogen and oxygen atoms in total. The van der Waals surface area contributed by atoms with Gasteiger partial charge in [0.05, 0.1) is 0 Å². The molecule has 2 aromatic rings. The Hall–Kier alpha value is -1.12. The highest BCUT2D eigenvalue weighted by molar-refractivity contribution is 7.10. The molecule has 90 valence electrons. The minimum absolute atomic E-state index is 0.453. The SMILES string of the molecule is CCC(NC)c1cccc(-c2csc(C)c2)c1. The topological polar surface area (TPSA) is 12.0 Å². The van der Waals surface area contributed by atoms with Crippen LogP contribution in [0.5, 0.6) is 0 Å². The molecular formula is C15H19NS. The Bertz CT molecular complexity index is 483. The highest BCUT2D eigenvalue weighted by Crippen LogP contribution is 2.27. The van der Waals surface area contributed by atoms with E-state index < -0.39 is 0 Å². The Morgan fingerprint density at radius 1 is 1.24 bits per heavy atom. The maximum absolute atomic E-state index is 3.35. The van der Waals surface area contributed by atoms with E-state index in [1.165, 1.54) is 21.6 Å². The van der Waals surface area contributed by atoms with Crippen molar-refractivity contribution in [1.29, 1.82) is 0 Å². The Balaban J connectivity index is 2.34. The van der Waals surface area contributed by atoms with Crippen molar-refractivity contribution in [1.82, 2.24) is 5.32 Å². The first-order chi connectivity index (χ1) is 8.24. The van der Waals surface area contributed by atoms with Crippen molar-refractivity contribution in [3.63, 3.8) is 0 Å². The van der Waals surface area contributed by atoms with Crippen molar-refractivity contribution in [2.75, 3.05) is 7.05 Å². The predicted octanol–water partition coefficient (Wildman–Crippen LogP) is 4.39. The minimum Gasteiger partial charge on any atom is -0.313 e. The Kier molecular flexibility index (Phi) is 3.97. The van der Waals surface area contributed by atoms with Crippen LogP contribution in [0.25, 0.3) is 11.1 Å². The third-order valence-electron chi connectivity index (χ3n) is 3.11. The van der Waals surface area contributed by atoms with Gasteiger partial charge in [0, 0.05) is 10.9 Å². The third kappa shape index (κ3) is 2.76. The lowest BCUT2D eigenvalue weighted by atomic mass is 9.99. The van der Waals surface area contributed by atoms with Gasteiger partial charge in [-0.1, -0.05) is 25.1 Å². The van der Waals surface area contributed by atoms with Gasteiger partial charge >= 0.3 is 0 Å². The van der Waals surface area contributed by atoms with E-state index in [-0.39, 0.29) is 0 Å². The summed E-state index contributed by atoms with van der Waals surface area (Å²) in [5.74, 6) is 0. The standard InChI is InChI=1S/C15H19NS/c1-4-15(16-3)13-7-5-6-12(9-13)14-8-11(2)17-10-14/h5-10,15-16H,4H2,1-3H3. The smallest absolute Gasteiger partial charge is 0.0315 e. The van der Waals surface area contributed by atoms with Gasteiger partial charge in [-0.3, -0.25) is 0 Å². The molecule has 0 aliphatic rings. The highest BCUT2D eigenvalue weighted by atomic mass is 32.1. The maximum atomic E-state index is 3.35. The average Bonchev–Trinajstić information content (AvgIpc) is 2.78. The van der Waals surface area contributed by atoms with Crippen LogP contribution >= 0.6 is 11.3 Å². The van der Waals surface area contributed by atoms with Crippen LogP contribution in [0.2, 0.25) is 0 Å². The lowest BCUT2D eigenvalue weighted by Crippen LogP contribution is -2.14. The first kappa shape index (κ1) is 12.3. The van der Waals surface area contributed by atoms with Gasteiger partial charge in [0.25, 0.3) is 0 Å². The third-order valence-corrected chi connectivity index (χ3v) is 3.97. The fourth-order valence-corrected chi connectivity index (χ4v) is 2.85. The van der Waals surface area contributed by atoms with Crippen molar-refractivity contribution < 1.29 is 0 Å². The largest absolute Gasteiger partial charge is 0.313 e. The molecule has 0 spiro atoms. The minimum atomic E-state index is 0.453. The van der Waals surface area contributed by atoms with E-state index in [0.29, 0.717) is 6.04 Å². The van der Waals surface area contributed by atoms with Crippen LogP contribution in [0, 0.1) is 6.92 Å². The zero-order chi connectivity index (χ0) is 12.3. The number of rotatable bonds is 4. The maximum Gasteiger partial charge on any atom is 0.0315 e. The van der Waals surface area contributed by atoms with Crippen molar-refractivity contribution in [3.05, 3.63) is 46.2 Å². The van der Waals surface area contributed by atoms with Gasteiger partial charge in [-0.05, 0) is 54.6 Å². The lowest BCUT2D eigenvalue weighted by molar-refractivity contribution is 0.577. The molecule has 1 aromatic carbocycles. The summed E-state index contributed by atoms with van der Waals surface area (Å²) in [6.45, 7) is 4.36. The second kappa shape index (κ2) is 5.48. The summed E-state index contributed by atoms with van der Waals surface area (Å²) in [4.78, 5) is 1.37. The van der Waals surface area contributed by atoms with Crippen LogP contribution in [0.3, 0.4) is 0 Å². The molecule has 1 unspecified atom stereocenters. The van der Waals surface area contributed by atoms with E-state index in [0.717, 1.165) is 6.42 Å². The molecule has 2 rings (SSSR count). The number of nitrogens with one attached hydrogen (secondary N) is 1. The number of thiophene rings is 1. The van der Waals surface area contributed by atoms with E-state index in [1.54, 1.807) is 0 Å². The summed E-state index contributed by atoms with van der Waals surface area (Å²) >= 11 is 1.81. The van der Waals surface area contributed by atoms with Crippen molar-refractivity contribution in [2.24, 2.45) is 0 Å². The van der Waals surface area contributed by atoms with Gasteiger partial charge < -0.3 is 5.32 Å².